The van der Waals surface area contributed by atoms with Crippen molar-refractivity contribution >= 4 is 22.0 Å². The van der Waals surface area contributed by atoms with Crippen LogP contribution in [0.4, 0.5) is 10.7 Å². The lowest BCUT2D eigenvalue weighted by molar-refractivity contribution is -0.383. The van der Waals surface area contributed by atoms with Crippen molar-refractivity contribution in [3.63, 3.8) is 0 Å². The number of morpholine rings is 1. The van der Waals surface area contributed by atoms with E-state index in [0.717, 1.165) is 0 Å². The first kappa shape index (κ1) is 15.2. The smallest absolute Gasteiger partial charge is 0.304 e. The van der Waals surface area contributed by atoms with Crippen molar-refractivity contribution in [2.24, 2.45) is 0 Å². The van der Waals surface area contributed by atoms with E-state index in [1.54, 1.807) is 6.92 Å². The summed E-state index contributed by atoms with van der Waals surface area (Å²) >= 11 is 1.21. The third kappa shape index (κ3) is 3.09. The van der Waals surface area contributed by atoms with E-state index in [4.69, 9.17) is 4.74 Å². The highest BCUT2D eigenvalue weighted by atomic mass is 32.1. The summed E-state index contributed by atoms with van der Waals surface area (Å²) in [7, 11) is 0. The lowest BCUT2D eigenvalue weighted by Crippen LogP contribution is -2.47. The molecule has 8 heteroatoms. The zero-order valence-electron chi connectivity index (χ0n) is 11.4. The van der Waals surface area contributed by atoms with E-state index in [1.807, 2.05) is 11.8 Å². The second kappa shape index (κ2) is 6.04. The van der Waals surface area contributed by atoms with Crippen LogP contribution in [0.15, 0.2) is 6.07 Å². The molecule has 3 atom stereocenters. The quantitative estimate of drug-likeness (QED) is 0.643. The molecule has 1 saturated heterocycles. The number of aliphatic hydroxyl groups is 2. The molecule has 1 fully saturated rings. The molecule has 0 aliphatic carbocycles. The average Bonchev–Trinajstić information content (AvgIpc) is 2.83. The molecule has 0 amide bonds. The van der Waals surface area contributed by atoms with Crippen LogP contribution in [0.1, 0.15) is 24.8 Å². The molecule has 7 nitrogen and oxygen atoms in total. The van der Waals surface area contributed by atoms with Crippen LogP contribution >= 0.6 is 11.3 Å². The molecule has 0 aromatic carbocycles. The lowest BCUT2D eigenvalue weighted by atomic mass is 10.2. The molecule has 20 heavy (non-hydrogen) atoms. The van der Waals surface area contributed by atoms with Crippen molar-refractivity contribution in [3.05, 3.63) is 21.1 Å². The van der Waals surface area contributed by atoms with Crippen LogP contribution in [0.25, 0.3) is 0 Å². The van der Waals surface area contributed by atoms with Gasteiger partial charge in [-0.1, -0.05) is 0 Å². The third-order valence-electron chi connectivity index (χ3n) is 3.14. The Hall–Kier alpha value is -1.22. The van der Waals surface area contributed by atoms with Crippen molar-refractivity contribution in [1.82, 2.24) is 0 Å². The van der Waals surface area contributed by atoms with E-state index >= 15 is 0 Å². The minimum atomic E-state index is -0.737. The maximum absolute atomic E-state index is 11.2. The van der Waals surface area contributed by atoms with Gasteiger partial charge in [0.05, 0.1) is 29.8 Å². The average molecular weight is 302 g/mol. The molecular formula is C12H18N2O5S. The Morgan fingerprint density at radius 1 is 1.65 bits per heavy atom. The maximum Gasteiger partial charge on any atom is 0.304 e. The van der Waals surface area contributed by atoms with Gasteiger partial charge in [-0.3, -0.25) is 10.1 Å². The molecule has 0 spiro atoms. The Morgan fingerprint density at radius 3 is 2.90 bits per heavy atom. The van der Waals surface area contributed by atoms with Crippen molar-refractivity contribution in [3.8, 4) is 0 Å². The number of aliphatic hydroxyl groups excluding tert-OH is 2. The monoisotopic (exact) mass is 302 g/mol. The van der Waals surface area contributed by atoms with Crippen LogP contribution in [0, 0.1) is 10.1 Å². The van der Waals surface area contributed by atoms with Gasteiger partial charge in [-0.2, -0.15) is 0 Å². The first-order chi connectivity index (χ1) is 9.42. The standard InChI is InChI=1S/C12H18N2O5S/c1-7-4-13(5-9(6-15)19-7)12-10(14(17)18)3-11(20-12)8(2)16/h3,7-9,15-16H,4-6H2,1-2H3. The first-order valence-electron chi connectivity index (χ1n) is 6.39. The Kier molecular flexibility index (Phi) is 4.59. The third-order valence-corrected chi connectivity index (χ3v) is 4.49. The summed E-state index contributed by atoms with van der Waals surface area (Å²) in [5, 5.41) is 30.5. The first-order valence-corrected chi connectivity index (χ1v) is 7.21. The fourth-order valence-electron chi connectivity index (χ4n) is 2.26. The van der Waals surface area contributed by atoms with Gasteiger partial charge in [0.15, 0.2) is 5.00 Å². The summed E-state index contributed by atoms with van der Waals surface area (Å²) in [5.74, 6) is 0. The topological polar surface area (TPSA) is 96.1 Å². The van der Waals surface area contributed by atoms with Crippen molar-refractivity contribution in [1.29, 1.82) is 0 Å². The van der Waals surface area contributed by atoms with Gasteiger partial charge >= 0.3 is 5.69 Å². The van der Waals surface area contributed by atoms with Crippen LogP contribution in [0.3, 0.4) is 0 Å². The van der Waals surface area contributed by atoms with Gasteiger partial charge in [0.2, 0.25) is 0 Å². The molecule has 3 unspecified atom stereocenters. The van der Waals surface area contributed by atoms with Crippen LogP contribution in [0.5, 0.6) is 0 Å². The second-order valence-corrected chi connectivity index (χ2v) is 5.99. The molecule has 0 bridgehead atoms. The fourth-order valence-corrected chi connectivity index (χ4v) is 3.35. The molecule has 2 N–H and O–H groups in total. The van der Waals surface area contributed by atoms with Crippen molar-refractivity contribution < 1.29 is 19.9 Å². The summed E-state index contributed by atoms with van der Waals surface area (Å²) < 4.78 is 5.54. The molecule has 2 heterocycles. The molecule has 1 aromatic heterocycles. The second-order valence-electron chi connectivity index (χ2n) is 4.93. The van der Waals surface area contributed by atoms with E-state index in [2.05, 4.69) is 0 Å². The van der Waals surface area contributed by atoms with Gasteiger partial charge in [-0.15, -0.1) is 11.3 Å². The van der Waals surface area contributed by atoms with Gasteiger partial charge in [0, 0.05) is 24.0 Å². The van der Waals surface area contributed by atoms with Gasteiger partial charge in [0.25, 0.3) is 0 Å². The number of thiophene rings is 1. The van der Waals surface area contributed by atoms with Crippen molar-refractivity contribution in [2.75, 3.05) is 24.6 Å². The minimum absolute atomic E-state index is 0.00307. The number of nitro groups is 1. The van der Waals surface area contributed by atoms with Gasteiger partial charge in [0.1, 0.15) is 0 Å². The number of hydrogen-bond donors (Lipinski definition) is 2. The summed E-state index contributed by atoms with van der Waals surface area (Å²) in [6, 6.07) is 1.42. The van der Waals surface area contributed by atoms with Gasteiger partial charge in [-0.25, -0.2) is 0 Å². The number of hydrogen-bond acceptors (Lipinski definition) is 7. The summed E-state index contributed by atoms with van der Waals surface area (Å²) in [6.07, 6.45) is -1.20. The number of ether oxygens (including phenoxy) is 1. The van der Waals surface area contributed by atoms with Crippen LogP contribution in [0.2, 0.25) is 0 Å². The molecule has 2 rings (SSSR count). The van der Waals surface area contributed by atoms with E-state index in [0.29, 0.717) is 23.0 Å². The number of rotatable bonds is 4. The Balaban J connectivity index is 2.32. The molecule has 1 aliphatic rings. The molecule has 0 saturated carbocycles. The van der Waals surface area contributed by atoms with E-state index < -0.39 is 11.0 Å². The molecule has 112 valence electrons. The summed E-state index contributed by atoms with van der Waals surface area (Å²) in [4.78, 5) is 13.1. The van der Waals surface area contributed by atoms with E-state index in [9.17, 15) is 20.3 Å². The van der Waals surface area contributed by atoms with Crippen LogP contribution < -0.4 is 4.90 Å². The predicted molar refractivity (Wildman–Crippen MR) is 75.2 cm³/mol. The molecular weight excluding hydrogens is 284 g/mol. The van der Waals surface area contributed by atoms with Crippen molar-refractivity contribution in [2.45, 2.75) is 32.2 Å². The minimum Gasteiger partial charge on any atom is -0.394 e. The Labute approximate surface area is 120 Å². The zero-order chi connectivity index (χ0) is 14.9. The van der Waals surface area contributed by atoms with Crippen LogP contribution in [-0.2, 0) is 4.74 Å². The summed E-state index contributed by atoms with van der Waals surface area (Å²) in [6.45, 7) is 4.25. The fraction of sp³-hybridized carbons (Fsp3) is 0.667. The highest BCUT2D eigenvalue weighted by Gasteiger charge is 2.31. The highest BCUT2D eigenvalue weighted by molar-refractivity contribution is 7.16. The zero-order valence-corrected chi connectivity index (χ0v) is 12.2. The summed E-state index contributed by atoms with van der Waals surface area (Å²) in [5.41, 5.74) is -0.00307. The number of anilines is 1. The van der Waals surface area contributed by atoms with E-state index in [1.165, 1.54) is 17.4 Å². The number of nitrogens with zero attached hydrogens (tertiary/aromatic N) is 2. The molecule has 1 aliphatic heterocycles. The maximum atomic E-state index is 11.2. The predicted octanol–water partition coefficient (Wildman–Crippen LogP) is 1.30. The lowest BCUT2D eigenvalue weighted by Gasteiger charge is -2.36. The van der Waals surface area contributed by atoms with Gasteiger partial charge < -0.3 is 19.8 Å². The van der Waals surface area contributed by atoms with Gasteiger partial charge in [-0.05, 0) is 13.8 Å². The van der Waals surface area contributed by atoms with E-state index in [-0.39, 0.29) is 24.5 Å². The highest BCUT2D eigenvalue weighted by Crippen LogP contribution is 2.41. The molecule has 0 radical (unpaired) electrons. The molecule has 1 aromatic rings. The Bertz CT molecular complexity index is 490. The largest absolute Gasteiger partial charge is 0.394 e. The Morgan fingerprint density at radius 2 is 2.35 bits per heavy atom. The normalized spacial score (nSPS) is 24.7. The van der Waals surface area contributed by atoms with Crippen LogP contribution in [-0.4, -0.2) is 47.0 Å². The SMILES string of the molecule is CC1CN(c2sc(C(C)O)cc2[N+](=O)[O-])CC(CO)O1.